The van der Waals surface area contributed by atoms with Crippen LogP contribution in [0.5, 0.6) is 17.2 Å². The molecule has 13 heteroatoms. The van der Waals surface area contributed by atoms with Crippen molar-refractivity contribution in [3.8, 4) is 39.4 Å². The van der Waals surface area contributed by atoms with Gasteiger partial charge in [0.15, 0.2) is 16.6 Å². The van der Waals surface area contributed by atoms with E-state index in [1.165, 1.54) is 11.3 Å². The second-order valence-electron chi connectivity index (χ2n) is 8.77. The molecule has 2 aromatic carbocycles. The van der Waals surface area contributed by atoms with Crippen LogP contribution in [0.2, 0.25) is 0 Å². The van der Waals surface area contributed by atoms with Gasteiger partial charge in [0.25, 0.3) is 5.89 Å². The van der Waals surface area contributed by atoms with Gasteiger partial charge in [0.2, 0.25) is 17.5 Å². The molecule has 2 aromatic heterocycles. The number of ether oxygens (including phenoxy) is 4. The van der Waals surface area contributed by atoms with Crippen molar-refractivity contribution in [1.82, 2.24) is 15.1 Å². The maximum atomic E-state index is 12.5. The molecule has 0 spiro atoms. The summed E-state index contributed by atoms with van der Waals surface area (Å²) in [5, 5.41) is 10.8. The molecule has 5 rings (SSSR count). The summed E-state index contributed by atoms with van der Waals surface area (Å²) in [5.41, 5.74) is 9.16. The monoisotopic (exact) mass is 552 g/mol. The minimum atomic E-state index is -0.149. The number of rotatable bonds is 9. The molecule has 4 N–H and O–H groups in total. The molecule has 39 heavy (non-hydrogen) atoms. The van der Waals surface area contributed by atoms with Crippen LogP contribution in [0.25, 0.3) is 22.2 Å². The van der Waals surface area contributed by atoms with E-state index in [4.69, 9.17) is 29.2 Å². The smallest absolute Gasteiger partial charge is 0.272 e. The molecule has 1 aliphatic heterocycles. The quantitative estimate of drug-likeness (QED) is 0.269. The minimum Gasteiger partial charge on any atom is -0.493 e. The highest BCUT2D eigenvalue weighted by Crippen LogP contribution is 2.42. The molecule has 1 amide bonds. The van der Waals surface area contributed by atoms with Gasteiger partial charge in [0, 0.05) is 35.7 Å². The summed E-state index contributed by atoms with van der Waals surface area (Å²) in [4.78, 5) is 22.0. The molecule has 0 radical (unpaired) electrons. The van der Waals surface area contributed by atoms with E-state index in [1.807, 2.05) is 25.1 Å². The maximum Gasteiger partial charge on any atom is 0.272 e. The highest BCUT2D eigenvalue weighted by Gasteiger charge is 2.24. The fourth-order valence-electron chi connectivity index (χ4n) is 4.17. The van der Waals surface area contributed by atoms with Crippen LogP contribution in [-0.4, -0.2) is 55.6 Å². The first-order chi connectivity index (χ1) is 18.9. The molecule has 204 valence electrons. The van der Waals surface area contributed by atoms with Crippen molar-refractivity contribution >= 4 is 39.6 Å². The van der Waals surface area contributed by atoms with Gasteiger partial charge in [0.1, 0.15) is 10.7 Å². The molecule has 3 heterocycles. The van der Waals surface area contributed by atoms with Crippen LogP contribution in [-0.2, 0) is 9.53 Å². The molecule has 1 aliphatic rings. The van der Waals surface area contributed by atoms with Crippen molar-refractivity contribution < 1.29 is 28.3 Å². The molecule has 12 nitrogen and oxygen atoms in total. The van der Waals surface area contributed by atoms with E-state index in [9.17, 15) is 4.79 Å². The summed E-state index contributed by atoms with van der Waals surface area (Å²) in [5.74, 6) is 2.09. The van der Waals surface area contributed by atoms with Crippen LogP contribution >= 0.6 is 11.3 Å². The Morgan fingerprint density at radius 2 is 1.85 bits per heavy atom. The normalized spacial score (nSPS) is 14.7. The first-order valence-corrected chi connectivity index (χ1v) is 12.9. The zero-order valence-electron chi connectivity index (χ0n) is 21.9. The van der Waals surface area contributed by atoms with Gasteiger partial charge in [0.05, 0.1) is 33.9 Å². The number of methoxy groups -OCH3 is 3. The van der Waals surface area contributed by atoms with Gasteiger partial charge in [-0.15, -0.1) is 0 Å². The lowest BCUT2D eigenvalue weighted by Crippen LogP contribution is -2.22. The van der Waals surface area contributed by atoms with Crippen LogP contribution in [0, 0.1) is 12.8 Å². The molecule has 1 fully saturated rings. The number of thiazole rings is 1. The molecular weight excluding hydrogens is 524 g/mol. The van der Waals surface area contributed by atoms with E-state index >= 15 is 0 Å². The SMILES string of the molecule is COc1cc(Nc2nc(N)c(-c3nc(-c4cc(NC(=O)C5CCOC5)ccc4C)no3)s2)cc(OC)c1OC. The van der Waals surface area contributed by atoms with E-state index < -0.39 is 0 Å². The largest absolute Gasteiger partial charge is 0.493 e. The fraction of sp³-hybridized carbons (Fsp3) is 0.308. The summed E-state index contributed by atoms with van der Waals surface area (Å²) in [6.45, 7) is 2.97. The van der Waals surface area contributed by atoms with Crippen molar-refractivity contribution in [2.24, 2.45) is 5.92 Å². The van der Waals surface area contributed by atoms with Crippen LogP contribution in [0.3, 0.4) is 0 Å². The lowest BCUT2D eigenvalue weighted by atomic mass is 10.1. The summed E-state index contributed by atoms with van der Waals surface area (Å²) in [7, 11) is 4.63. The molecule has 1 atom stereocenters. The zero-order valence-corrected chi connectivity index (χ0v) is 22.7. The van der Waals surface area contributed by atoms with Crippen molar-refractivity contribution in [2.75, 3.05) is 50.9 Å². The number of aromatic nitrogens is 3. The number of carbonyl (C=O) groups is 1. The molecule has 1 unspecified atom stereocenters. The number of anilines is 4. The molecule has 1 saturated heterocycles. The van der Waals surface area contributed by atoms with Crippen LogP contribution in [0.15, 0.2) is 34.9 Å². The zero-order chi connectivity index (χ0) is 27.5. The van der Waals surface area contributed by atoms with Crippen LogP contribution < -0.4 is 30.6 Å². The summed E-state index contributed by atoms with van der Waals surface area (Å²) < 4.78 is 27.1. The number of aryl methyl sites for hydroxylation is 1. The lowest BCUT2D eigenvalue weighted by Gasteiger charge is -2.14. The Kier molecular flexibility index (Phi) is 7.52. The molecular formula is C26H28N6O6S. The number of carbonyl (C=O) groups excluding carboxylic acids is 1. The number of nitrogens with one attached hydrogen (secondary N) is 2. The summed E-state index contributed by atoms with van der Waals surface area (Å²) in [6.07, 6.45) is 0.714. The number of nitrogens with zero attached hydrogens (tertiary/aromatic N) is 3. The van der Waals surface area contributed by atoms with Gasteiger partial charge in [-0.05, 0) is 31.0 Å². The second-order valence-corrected chi connectivity index (χ2v) is 9.77. The lowest BCUT2D eigenvalue weighted by molar-refractivity contribution is -0.119. The molecule has 0 bridgehead atoms. The van der Waals surface area contributed by atoms with Crippen LogP contribution in [0.4, 0.5) is 22.3 Å². The second kappa shape index (κ2) is 11.2. The number of hydrogen-bond donors (Lipinski definition) is 3. The maximum absolute atomic E-state index is 12.5. The van der Waals surface area contributed by atoms with E-state index in [2.05, 4.69) is 25.8 Å². The predicted molar refractivity (Wildman–Crippen MR) is 147 cm³/mol. The van der Waals surface area contributed by atoms with Crippen molar-refractivity contribution in [3.05, 3.63) is 35.9 Å². The average Bonchev–Trinajstić information content (AvgIpc) is 3.71. The topological polar surface area (TPSA) is 156 Å². The number of nitrogens with two attached hydrogens (primary N) is 1. The molecule has 4 aromatic rings. The number of benzene rings is 2. The van der Waals surface area contributed by atoms with Crippen LogP contribution in [0.1, 0.15) is 12.0 Å². The number of amides is 1. The van der Waals surface area contributed by atoms with Gasteiger partial charge >= 0.3 is 0 Å². The van der Waals surface area contributed by atoms with E-state index in [0.29, 0.717) is 64.1 Å². The van der Waals surface area contributed by atoms with Gasteiger partial charge in [-0.3, -0.25) is 4.79 Å². The third kappa shape index (κ3) is 5.45. The highest BCUT2D eigenvalue weighted by atomic mass is 32.1. The van der Waals surface area contributed by atoms with E-state index in [1.54, 1.807) is 33.5 Å². The third-order valence-corrected chi connectivity index (χ3v) is 7.21. The number of nitrogen functional groups attached to an aromatic ring is 1. The predicted octanol–water partition coefficient (Wildman–Crippen LogP) is 4.50. The summed E-state index contributed by atoms with van der Waals surface area (Å²) >= 11 is 1.26. The first kappa shape index (κ1) is 26.3. The standard InChI is InChI=1S/C26H28N6O6S/c1-13-5-6-15(28-24(33)14-7-8-37-12-14)9-17(13)23-31-25(38-32-23)21-22(27)30-26(39-21)29-16-10-18(34-2)20(36-4)19(11-16)35-3/h5-6,9-11,14H,7-8,12,27H2,1-4H3,(H,28,33)(H,29,30). The highest BCUT2D eigenvalue weighted by molar-refractivity contribution is 7.19. The van der Waals surface area contributed by atoms with Gasteiger partial charge < -0.3 is 39.8 Å². The fourth-order valence-corrected chi connectivity index (χ4v) is 4.99. The third-order valence-electron chi connectivity index (χ3n) is 6.24. The van der Waals surface area contributed by atoms with Gasteiger partial charge in [-0.1, -0.05) is 22.6 Å². The summed E-state index contributed by atoms with van der Waals surface area (Å²) in [6, 6.07) is 9.09. The molecule has 0 saturated carbocycles. The Labute approximate surface area is 228 Å². The molecule has 0 aliphatic carbocycles. The van der Waals surface area contributed by atoms with E-state index in [0.717, 1.165) is 11.1 Å². The van der Waals surface area contributed by atoms with Gasteiger partial charge in [-0.25, -0.2) is 4.98 Å². The Morgan fingerprint density at radius 3 is 2.51 bits per heavy atom. The average molecular weight is 553 g/mol. The minimum absolute atomic E-state index is 0.0688. The van der Waals surface area contributed by atoms with Gasteiger partial charge in [-0.2, -0.15) is 4.98 Å². The Balaban J connectivity index is 1.37. The Bertz CT molecular complexity index is 1470. The first-order valence-electron chi connectivity index (χ1n) is 12.1. The Hall–Kier alpha value is -4.36. The van der Waals surface area contributed by atoms with Crippen molar-refractivity contribution in [1.29, 1.82) is 0 Å². The van der Waals surface area contributed by atoms with Crippen molar-refractivity contribution in [3.63, 3.8) is 0 Å². The number of hydrogen-bond acceptors (Lipinski definition) is 12. The van der Waals surface area contributed by atoms with E-state index in [-0.39, 0.29) is 23.5 Å². The Morgan fingerprint density at radius 1 is 1.08 bits per heavy atom. The van der Waals surface area contributed by atoms with Crippen molar-refractivity contribution in [2.45, 2.75) is 13.3 Å².